The van der Waals surface area contributed by atoms with Crippen molar-refractivity contribution in [1.82, 2.24) is 0 Å². The van der Waals surface area contributed by atoms with Crippen molar-refractivity contribution in [3.05, 3.63) is 35.6 Å². The van der Waals surface area contributed by atoms with Crippen LogP contribution in [-0.2, 0) is 6.54 Å². The highest BCUT2D eigenvalue weighted by molar-refractivity contribution is 6.03. The number of fused-ring (bicyclic) bond motifs is 1. The Morgan fingerprint density at radius 1 is 1.43 bits per heavy atom. The molecule has 0 unspecified atom stereocenters. The molecular formula is C10H9NO3. The molecule has 0 saturated carbocycles. The Balaban J connectivity index is 2.81. The van der Waals surface area contributed by atoms with Crippen molar-refractivity contribution in [3.63, 3.8) is 0 Å². The fraction of sp³-hybridized carbons (Fsp3) is 0.100. The van der Waals surface area contributed by atoms with Gasteiger partial charge in [0.05, 0.1) is 6.54 Å². The van der Waals surface area contributed by atoms with Gasteiger partial charge in [0.25, 0.3) is 0 Å². The molecule has 2 aromatic rings. The van der Waals surface area contributed by atoms with E-state index in [2.05, 4.69) is 0 Å². The van der Waals surface area contributed by atoms with E-state index in [0.717, 1.165) is 0 Å². The number of furan rings is 1. The fourth-order valence-corrected chi connectivity index (χ4v) is 1.47. The molecule has 14 heavy (non-hydrogen) atoms. The van der Waals surface area contributed by atoms with Gasteiger partial charge < -0.3 is 15.3 Å². The number of benzene rings is 1. The van der Waals surface area contributed by atoms with Crippen molar-refractivity contribution in [2.24, 2.45) is 5.73 Å². The van der Waals surface area contributed by atoms with Crippen LogP contribution in [0.25, 0.3) is 11.0 Å². The van der Waals surface area contributed by atoms with Crippen LogP contribution in [0.2, 0.25) is 0 Å². The molecule has 0 saturated heterocycles. The lowest BCUT2D eigenvalue weighted by molar-refractivity contribution is 0.0696. The van der Waals surface area contributed by atoms with Crippen molar-refractivity contribution in [3.8, 4) is 0 Å². The molecule has 0 bridgehead atoms. The summed E-state index contributed by atoms with van der Waals surface area (Å²) in [6.07, 6.45) is 0. The molecule has 0 fully saturated rings. The van der Waals surface area contributed by atoms with Gasteiger partial charge in [-0.05, 0) is 6.07 Å². The van der Waals surface area contributed by atoms with E-state index < -0.39 is 5.97 Å². The number of carboxylic acids is 1. The van der Waals surface area contributed by atoms with E-state index in [0.29, 0.717) is 16.7 Å². The van der Waals surface area contributed by atoms with Gasteiger partial charge >= 0.3 is 5.97 Å². The zero-order valence-corrected chi connectivity index (χ0v) is 7.36. The van der Waals surface area contributed by atoms with Crippen LogP contribution in [0.1, 0.15) is 16.1 Å². The maximum Gasteiger partial charge on any atom is 0.339 e. The monoisotopic (exact) mass is 191 g/mol. The summed E-state index contributed by atoms with van der Waals surface area (Å²) in [5, 5.41) is 9.57. The molecule has 0 amide bonds. The summed E-state index contributed by atoms with van der Waals surface area (Å²) in [5.41, 5.74) is 6.13. The summed E-state index contributed by atoms with van der Waals surface area (Å²) in [6, 6.07) is 6.99. The molecule has 2 rings (SSSR count). The number of hydrogen-bond donors (Lipinski definition) is 2. The Labute approximate surface area is 79.9 Å². The van der Waals surface area contributed by atoms with Crippen LogP contribution < -0.4 is 5.73 Å². The number of rotatable bonds is 2. The van der Waals surface area contributed by atoms with Gasteiger partial charge in [-0.1, -0.05) is 18.2 Å². The lowest BCUT2D eigenvalue weighted by Crippen LogP contribution is -2.03. The Morgan fingerprint density at radius 3 is 2.79 bits per heavy atom. The molecule has 3 N–H and O–H groups in total. The van der Waals surface area contributed by atoms with Crippen molar-refractivity contribution in [2.75, 3.05) is 0 Å². The molecule has 0 radical (unpaired) electrons. The lowest BCUT2D eigenvalue weighted by atomic mass is 10.1. The third-order valence-corrected chi connectivity index (χ3v) is 2.07. The number of nitrogens with two attached hydrogens (primary N) is 1. The maximum absolute atomic E-state index is 10.9. The average Bonchev–Trinajstić information content (AvgIpc) is 2.55. The number of para-hydroxylation sites is 1. The van der Waals surface area contributed by atoms with E-state index in [9.17, 15) is 4.79 Å². The minimum Gasteiger partial charge on any atom is -0.478 e. The first-order valence-corrected chi connectivity index (χ1v) is 4.18. The van der Waals surface area contributed by atoms with E-state index in [-0.39, 0.29) is 12.1 Å². The van der Waals surface area contributed by atoms with E-state index in [1.165, 1.54) is 0 Å². The molecule has 0 aliphatic carbocycles. The molecule has 4 nitrogen and oxygen atoms in total. The van der Waals surface area contributed by atoms with Crippen LogP contribution in [0.4, 0.5) is 0 Å². The molecule has 1 aromatic carbocycles. The van der Waals surface area contributed by atoms with Crippen molar-refractivity contribution < 1.29 is 14.3 Å². The van der Waals surface area contributed by atoms with E-state index >= 15 is 0 Å². The summed E-state index contributed by atoms with van der Waals surface area (Å²) < 4.78 is 5.30. The Morgan fingerprint density at radius 2 is 2.14 bits per heavy atom. The van der Waals surface area contributed by atoms with Crippen molar-refractivity contribution in [1.29, 1.82) is 0 Å². The van der Waals surface area contributed by atoms with Gasteiger partial charge in [-0.2, -0.15) is 0 Å². The molecule has 1 heterocycles. The zero-order valence-electron chi connectivity index (χ0n) is 7.36. The third-order valence-electron chi connectivity index (χ3n) is 2.07. The number of carbonyl (C=O) groups is 1. The van der Waals surface area contributed by atoms with Crippen molar-refractivity contribution in [2.45, 2.75) is 6.54 Å². The summed E-state index contributed by atoms with van der Waals surface area (Å²) >= 11 is 0. The van der Waals surface area contributed by atoms with Gasteiger partial charge in [0.1, 0.15) is 16.9 Å². The fourth-order valence-electron chi connectivity index (χ4n) is 1.47. The second-order valence-corrected chi connectivity index (χ2v) is 2.91. The highest BCUT2D eigenvalue weighted by atomic mass is 16.4. The molecule has 72 valence electrons. The summed E-state index contributed by atoms with van der Waals surface area (Å²) in [7, 11) is 0. The van der Waals surface area contributed by atoms with Gasteiger partial charge in [0.2, 0.25) is 0 Å². The molecule has 0 aliphatic heterocycles. The van der Waals surface area contributed by atoms with Gasteiger partial charge in [-0.15, -0.1) is 0 Å². The topological polar surface area (TPSA) is 76.5 Å². The third kappa shape index (κ3) is 1.16. The second-order valence-electron chi connectivity index (χ2n) is 2.91. The Kier molecular flexibility index (Phi) is 1.98. The highest BCUT2D eigenvalue weighted by Crippen LogP contribution is 2.25. The molecular weight excluding hydrogens is 182 g/mol. The normalized spacial score (nSPS) is 10.6. The summed E-state index contributed by atoms with van der Waals surface area (Å²) in [5.74, 6) is -0.686. The van der Waals surface area contributed by atoms with Crippen molar-refractivity contribution >= 4 is 16.9 Å². The molecule has 0 aliphatic rings. The Hall–Kier alpha value is -1.81. The number of carboxylic acid groups (broad SMARTS) is 1. The quantitative estimate of drug-likeness (QED) is 0.755. The van der Waals surface area contributed by atoms with Crippen LogP contribution in [-0.4, -0.2) is 11.1 Å². The smallest absolute Gasteiger partial charge is 0.339 e. The number of hydrogen-bond acceptors (Lipinski definition) is 3. The first-order valence-electron chi connectivity index (χ1n) is 4.18. The molecule has 0 spiro atoms. The van der Waals surface area contributed by atoms with Crippen LogP contribution in [0.5, 0.6) is 0 Å². The predicted octanol–water partition coefficient (Wildman–Crippen LogP) is 1.59. The van der Waals surface area contributed by atoms with Gasteiger partial charge in [0.15, 0.2) is 0 Å². The van der Waals surface area contributed by atoms with E-state index in [1.54, 1.807) is 24.3 Å². The van der Waals surface area contributed by atoms with Crippen LogP contribution in [0.15, 0.2) is 28.7 Å². The predicted molar refractivity (Wildman–Crippen MR) is 51.1 cm³/mol. The highest BCUT2D eigenvalue weighted by Gasteiger charge is 2.18. The summed E-state index contributed by atoms with van der Waals surface area (Å²) in [4.78, 5) is 10.9. The van der Waals surface area contributed by atoms with E-state index in [4.69, 9.17) is 15.3 Å². The first kappa shape index (κ1) is 8.77. The maximum atomic E-state index is 10.9. The van der Waals surface area contributed by atoms with Gasteiger partial charge in [-0.25, -0.2) is 4.79 Å². The average molecular weight is 191 g/mol. The standard InChI is InChI=1S/C10H9NO3/c11-5-8-9(10(12)13)6-3-1-2-4-7(6)14-8/h1-4H,5,11H2,(H,12,13). The molecule has 4 heteroatoms. The Bertz CT molecular complexity index is 487. The summed E-state index contributed by atoms with van der Waals surface area (Å²) in [6.45, 7) is 0.0936. The second kappa shape index (κ2) is 3.16. The molecule has 1 aromatic heterocycles. The van der Waals surface area contributed by atoms with Crippen LogP contribution in [0, 0.1) is 0 Å². The van der Waals surface area contributed by atoms with Gasteiger partial charge in [0, 0.05) is 5.39 Å². The zero-order chi connectivity index (χ0) is 10.1. The van der Waals surface area contributed by atoms with E-state index in [1.807, 2.05) is 0 Å². The SMILES string of the molecule is NCc1oc2ccccc2c1C(=O)O. The van der Waals surface area contributed by atoms with Crippen LogP contribution >= 0.6 is 0 Å². The largest absolute Gasteiger partial charge is 0.478 e. The first-order chi connectivity index (χ1) is 6.74. The minimum atomic E-state index is -1.00. The number of aromatic carboxylic acids is 1. The minimum absolute atomic E-state index is 0.0936. The lowest BCUT2D eigenvalue weighted by Gasteiger charge is -1.92. The van der Waals surface area contributed by atoms with Crippen LogP contribution in [0.3, 0.4) is 0 Å². The van der Waals surface area contributed by atoms with Gasteiger partial charge in [-0.3, -0.25) is 0 Å². The molecule has 0 atom stereocenters.